The molecule has 4 aromatic rings. The summed E-state index contributed by atoms with van der Waals surface area (Å²) in [6.45, 7) is 0. The van der Waals surface area contributed by atoms with Crippen LogP contribution < -0.4 is 5.69 Å². The average molecular weight is 383 g/mol. The number of aromatic amines is 1. The van der Waals surface area contributed by atoms with Crippen molar-refractivity contribution in [2.24, 2.45) is 0 Å². The molecule has 0 saturated heterocycles. The Morgan fingerprint density at radius 2 is 2.18 bits per heavy atom. The molecule has 5 nitrogen and oxygen atoms in total. The first-order chi connectivity index (χ1) is 10.6. The Hall–Kier alpha value is -2.12. The Morgan fingerprint density at radius 3 is 2.95 bits per heavy atom. The first-order valence-electron chi connectivity index (χ1n) is 6.18. The molecule has 0 aliphatic carbocycles. The number of H-pyrrole nitrogens is 1. The van der Waals surface area contributed by atoms with E-state index in [-0.39, 0.29) is 16.6 Å². The molecule has 0 amide bonds. The average Bonchev–Trinajstić information content (AvgIpc) is 3.04. The third-order valence-corrected chi connectivity index (χ3v) is 4.16. The lowest BCUT2D eigenvalue weighted by Crippen LogP contribution is -2.15. The summed E-state index contributed by atoms with van der Waals surface area (Å²) in [5.41, 5.74) is 0.601. The van der Waals surface area contributed by atoms with E-state index in [0.29, 0.717) is 16.2 Å². The van der Waals surface area contributed by atoms with E-state index in [2.05, 4.69) is 25.9 Å². The standard InChI is InChI=1S/C14H6BrClFN3O2/c15-6-1-2-9(7(16)3-6)20-13-8(19-14(20)21)4-10-12(11(13)17)18-5-22-10/h1-5H,(H,19,21). The summed E-state index contributed by atoms with van der Waals surface area (Å²) in [5.74, 6) is -0.640. The first-order valence-corrected chi connectivity index (χ1v) is 7.35. The largest absolute Gasteiger partial charge is 0.443 e. The highest BCUT2D eigenvalue weighted by Gasteiger charge is 2.19. The van der Waals surface area contributed by atoms with Gasteiger partial charge in [-0.3, -0.25) is 4.57 Å². The van der Waals surface area contributed by atoms with Crippen LogP contribution in [0.4, 0.5) is 4.39 Å². The fourth-order valence-corrected chi connectivity index (χ4v) is 3.19. The van der Waals surface area contributed by atoms with Gasteiger partial charge in [0, 0.05) is 10.5 Å². The van der Waals surface area contributed by atoms with Gasteiger partial charge >= 0.3 is 5.69 Å². The van der Waals surface area contributed by atoms with E-state index < -0.39 is 11.5 Å². The summed E-state index contributed by atoms with van der Waals surface area (Å²) < 4.78 is 21.7. The van der Waals surface area contributed by atoms with Gasteiger partial charge in [0.15, 0.2) is 17.8 Å². The number of nitrogens with one attached hydrogen (secondary N) is 1. The fourth-order valence-electron chi connectivity index (χ4n) is 2.43. The van der Waals surface area contributed by atoms with Gasteiger partial charge in [-0.25, -0.2) is 14.2 Å². The summed E-state index contributed by atoms with van der Waals surface area (Å²) in [5, 5.41) is 0.317. The Balaban J connectivity index is 2.17. The van der Waals surface area contributed by atoms with Crippen molar-refractivity contribution < 1.29 is 8.81 Å². The van der Waals surface area contributed by atoms with E-state index in [0.717, 1.165) is 10.9 Å². The highest BCUT2D eigenvalue weighted by molar-refractivity contribution is 9.10. The molecule has 8 heteroatoms. The van der Waals surface area contributed by atoms with Gasteiger partial charge in [0.1, 0.15) is 11.0 Å². The van der Waals surface area contributed by atoms with E-state index >= 15 is 0 Å². The predicted molar refractivity (Wildman–Crippen MR) is 84.1 cm³/mol. The molecule has 2 heterocycles. The van der Waals surface area contributed by atoms with Crippen LogP contribution in [-0.4, -0.2) is 14.5 Å². The molecule has 0 spiro atoms. The number of rotatable bonds is 1. The highest BCUT2D eigenvalue weighted by atomic mass is 79.9. The molecule has 0 radical (unpaired) electrons. The Kier molecular flexibility index (Phi) is 2.88. The number of oxazole rings is 1. The van der Waals surface area contributed by atoms with Crippen LogP contribution in [0.15, 0.2) is 44.3 Å². The van der Waals surface area contributed by atoms with Crippen molar-refractivity contribution in [1.29, 1.82) is 0 Å². The number of hydrogen-bond donors (Lipinski definition) is 1. The molecule has 0 atom stereocenters. The normalized spacial score (nSPS) is 11.6. The lowest BCUT2D eigenvalue weighted by atomic mass is 10.2. The molecular formula is C14H6BrClFN3O2. The van der Waals surface area contributed by atoms with E-state index in [1.54, 1.807) is 18.2 Å². The fraction of sp³-hybridized carbons (Fsp3) is 0. The maximum Gasteiger partial charge on any atom is 0.331 e. The van der Waals surface area contributed by atoms with Crippen LogP contribution in [0.1, 0.15) is 0 Å². The summed E-state index contributed by atoms with van der Waals surface area (Å²) >= 11 is 9.48. The molecule has 0 aliphatic heterocycles. The number of hydrogen-bond acceptors (Lipinski definition) is 3. The van der Waals surface area contributed by atoms with Gasteiger partial charge in [0.25, 0.3) is 0 Å². The van der Waals surface area contributed by atoms with Crippen molar-refractivity contribution in [3.05, 3.63) is 56.5 Å². The molecule has 0 bridgehead atoms. The monoisotopic (exact) mass is 381 g/mol. The Morgan fingerprint density at radius 1 is 1.36 bits per heavy atom. The molecule has 0 fully saturated rings. The lowest BCUT2D eigenvalue weighted by molar-refractivity contribution is 0.602. The lowest BCUT2D eigenvalue weighted by Gasteiger charge is -2.07. The van der Waals surface area contributed by atoms with Crippen LogP contribution >= 0.6 is 27.5 Å². The number of aromatic nitrogens is 3. The molecule has 110 valence electrons. The Labute approximate surface area is 135 Å². The molecule has 2 aromatic carbocycles. The Bertz CT molecular complexity index is 1100. The van der Waals surface area contributed by atoms with Crippen molar-refractivity contribution in [2.45, 2.75) is 0 Å². The minimum atomic E-state index is -0.640. The SMILES string of the molecule is O=c1[nH]c2cc3ocnc3c(F)c2n1-c1ccc(Br)cc1Cl. The van der Waals surface area contributed by atoms with Crippen LogP contribution in [0.25, 0.3) is 27.8 Å². The molecule has 1 N–H and O–H groups in total. The first kappa shape index (κ1) is 13.5. The van der Waals surface area contributed by atoms with Gasteiger partial charge in [-0.05, 0) is 18.2 Å². The van der Waals surface area contributed by atoms with E-state index in [4.69, 9.17) is 16.0 Å². The van der Waals surface area contributed by atoms with Gasteiger partial charge in [-0.15, -0.1) is 0 Å². The van der Waals surface area contributed by atoms with Crippen LogP contribution in [0.5, 0.6) is 0 Å². The second kappa shape index (κ2) is 4.69. The second-order valence-corrected chi connectivity index (χ2v) is 5.97. The second-order valence-electron chi connectivity index (χ2n) is 4.65. The summed E-state index contributed by atoms with van der Waals surface area (Å²) in [4.78, 5) is 18.7. The minimum Gasteiger partial charge on any atom is -0.443 e. The number of benzene rings is 2. The van der Waals surface area contributed by atoms with Crippen LogP contribution in [-0.2, 0) is 0 Å². The quantitative estimate of drug-likeness (QED) is 0.541. The van der Waals surface area contributed by atoms with Crippen LogP contribution in [0.3, 0.4) is 0 Å². The van der Waals surface area contributed by atoms with Crippen LogP contribution in [0.2, 0.25) is 5.02 Å². The van der Waals surface area contributed by atoms with Crippen LogP contribution in [0, 0.1) is 5.82 Å². The van der Waals surface area contributed by atoms with Crippen molar-refractivity contribution in [2.75, 3.05) is 0 Å². The van der Waals surface area contributed by atoms with Crippen molar-refractivity contribution in [1.82, 2.24) is 14.5 Å². The molecule has 0 aliphatic rings. The van der Waals surface area contributed by atoms with E-state index in [1.807, 2.05) is 0 Å². The van der Waals surface area contributed by atoms with Gasteiger partial charge in [-0.1, -0.05) is 27.5 Å². The smallest absolute Gasteiger partial charge is 0.331 e. The zero-order valence-electron chi connectivity index (χ0n) is 10.7. The number of fused-ring (bicyclic) bond motifs is 2. The summed E-state index contributed by atoms with van der Waals surface area (Å²) in [6.07, 6.45) is 1.15. The van der Waals surface area contributed by atoms with E-state index in [9.17, 15) is 9.18 Å². The molecule has 2 aromatic heterocycles. The van der Waals surface area contributed by atoms with Crippen molar-refractivity contribution in [3.63, 3.8) is 0 Å². The van der Waals surface area contributed by atoms with Gasteiger partial charge in [0.05, 0.1) is 16.2 Å². The van der Waals surface area contributed by atoms with Crippen molar-refractivity contribution in [3.8, 4) is 5.69 Å². The number of nitrogens with zero attached hydrogens (tertiary/aromatic N) is 2. The van der Waals surface area contributed by atoms with Gasteiger partial charge < -0.3 is 9.40 Å². The predicted octanol–water partition coefficient (Wildman–Crippen LogP) is 4.02. The maximum absolute atomic E-state index is 14.7. The molecule has 4 rings (SSSR count). The number of imidazole rings is 1. The zero-order valence-corrected chi connectivity index (χ0v) is 13.1. The van der Waals surface area contributed by atoms with E-state index in [1.165, 1.54) is 10.6 Å². The third kappa shape index (κ3) is 1.82. The van der Waals surface area contributed by atoms with Crippen molar-refractivity contribution >= 4 is 49.7 Å². The minimum absolute atomic E-state index is 0.0634. The zero-order chi connectivity index (χ0) is 15.4. The molecule has 22 heavy (non-hydrogen) atoms. The van der Waals surface area contributed by atoms with Gasteiger partial charge in [-0.2, -0.15) is 0 Å². The summed E-state index contributed by atoms with van der Waals surface area (Å²) in [7, 11) is 0. The molecule has 0 unspecified atom stereocenters. The highest BCUT2D eigenvalue weighted by Crippen LogP contribution is 2.29. The number of halogens is 3. The third-order valence-electron chi connectivity index (χ3n) is 3.36. The molecular weight excluding hydrogens is 377 g/mol. The topological polar surface area (TPSA) is 63.8 Å². The summed E-state index contributed by atoms with van der Waals surface area (Å²) in [6, 6.07) is 6.52. The molecule has 0 saturated carbocycles. The maximum atomic E-state index is 14.7. The van der Waals surface area contributed by atoms with Gasteiger partial charge in [0.2, 0.25) is 0 Å².